The lowest BCUT2D eigenvalue weighted by atomic mass is 10.2. The second-order valence-electron chi connectivity index (χ2n) is 5.76. The minimum absolute atomic E-state index is 0.531. The summed E-state index contributed by atoms with van der Waals surface area (Å²) in [6.45, 7) is 2.70. The Hall–Kier alpha value is -2.93. The van der Waals surface area contributed by atoms with Crippen LogP contribution in [-0.4, -0.2) is 25.0 Å². The van der Waals surface area contributed by atoms with E-state index in [4.69, 9.17) is 4.42 Å². The molecule has 0 bridgehead atoms. The molecule has 2 aromatic heterocycles. The molecule has 0 N–H and O–H groups in total. The largest absolute Gasteiger partial charge is 0.420 e. The van der Waals surface area contributed by atoms with E-state index >= 15 is 0 Å². The maximum atomic E-state index is 5.76. The third-order valence-electron chi connectivity index (χ3n) is 3.90. The lowest BCUT2D eigenvalue weighted by Gasteiger charge is -2.07. The highest BCUT2D eigenvalue weighted by Crippen LogP contribution is 2.24. The summed E-state index contributed by atoms with van der Waals surface area (Å²) in [7, 11) is 0. The van der Waals surface area contributed by atoms with Crippen LogP contribution >= 0.6 is 11.8 Å². The van der Waals surface area contributed by atoms with Crippen LogP contribution in [0.2, 0.25) is 0 Å². The molecular formula is C19H17N5OS. The van der Waals surface area contributed by atoms with E-state index < -0.39 is 0 Å². The summed E-state index contributed by atoms with van der Waals surface area (Å²) in [5.41, 5.74) is 2.13. The van der Waals surface area contributed by atoms with Gasteiger partial charge in [0.1, 0.15) is 5.82 Å². The first kappa shape index (κ1) is 16.5. The van der Waals surface area contributed by atoms with Crippen molar-refractivity contribution in [3.05, 3.63) is 77.9 Å². The highest BCUT2D eigenvalue weighted by Gasteiger charge is 2.13. The van der Waals surface area contributed by atoms with Crippen LogP contribution in [0.1, 0.15) is 17.3 Å². The van der Waals surface area contributed by atoms with Crippen molar-refractivity contribution in [3.8, 4) is 11.5 Å². The van der Waals surface area contributed by atoms with Gasteiger partial charge >= 0.3 is 0 Å². The quantitative estimate of drug-likeness (QED) is 0.483. The van der Waals surface area contributed by atoms with Crippen molar-refractivity contribution in [2.24, 2.45) is 0 Å². The predicted octanol–water partition coefficient (Wildman–Crippen LogP) is 3.98. The van der Waals surface area contributed by atoms with E-state index in [1.807, 2.05) is 55.5 Å². The molecule has 0 radical (unpaired) electrons. The number of thioether (sulfide) groups is 1. The van der Waals surface area contributed by atoms with Gasteiger partial charge in [-0.3, -0.25) is 0 Å². The molecule has 0 aliphatic rings. The molecule has 0 fully saturated rings. The highest BCUT2D eigenvalue weighted by atomic mass is 32.2. The van der Waals surface area contributed by atoms with Gasteiger partial charge in [0.2, 0.25) is 11.8 Å². The van der Waals surface area contributed by atoms with Crippen LogP contribution in [0.15, 0.2) is 70.2 Å². The monoisotopic (exact) mass is 363 g/mol. The van der Waals surface area contributed by atoms with Crippen molar-refractivity contribution in [1.29, 1.82) is 0 Å². The van der Waals surface area contributed by atoms with Gasteiger partial charge in [0.05, 0.1) is 12.3 Å². The van der Waals surface area contributed by atoms with E-state index in [0.717, 1.165) is 23.1 Å². The number of aromatic nitrogens is 5. The smallest absolute Gasteiger partial charge is 0.247 e. The number of hydrogen-bond acceptors (Lipinski definition) is 6. The van der Waals surface area contributed by atoms with Gasteiger partial charge in [-0.25, -0.2) is 0 Å². The van der Waals surface area contributed by atoms with Crippen LogP contribution < -0.4 is 0 Å². The second-order valence-corrected chi connectivity index (χ2v) is 6.70. The first-order valence-electron chi connectivity index (χ1n) is 8.24. The van der Waals surface area contributed by atoms with Gasteiger partial charge < -0.3 is 8.98 Å². The highest BCUT2D eigenvalue weighted by molar-refractivity contribution is 7.98. The van der Waals surface area contributed by atoms with Crippen LogP contribution in [0.25, 0.3) is 11.5 Å². The number of rotatable bonds is 6. The zero-order valence-corrected chi connectivity index (χ0v) is 15.1. The fourth-order valence-electron chi connectivity index (χ4n) is 2.55. The SMILES string of the molecule is Cc1nnc(SCc2nnc(-c3ccccc3)o2)n1Cc1ccccc1. The van der Waals surface area contributed by atoms with Crippen LogP contribution in [0, 0.1) is 6.92 Å². The van der Waals surface area contributed by atoms with Crippen molar-refractivity contribution >= 4 is 11.8 Å². The Bertz CT molecular complexity index is 982. The Morgan fingerprint density at radius 2 is 1.62 bits per heavy atom. The predicted molar refractivity (Wildman–Crippen MR) is 99.6 cm³/mol. The lowest BCUT2D eigenvalue weighted by molar-refractivity contribution is 0.528. The number of aryl methyl sites for hydroxylation is 1. The summed E-state index contributed by atoms with van der Waals surface area (Å²) in [5, 5.41) is 17.6. The molecule has 0 saturated carbocycles. The Kier molecular flexibility index (Phi) is 4.79. The van der Waals surface area contributed by atoms with Gasteiger partial charge in [-0.1, -0.05) is 60.3 Å². The average Bonchev–Trinajstić information content (AvgIpc) is 3.29. The molecule has 0 aliphatic carbocycles. The van der Waals surface area contributed by atoms with E-state index in [1.165, 1.54) is 5.56 Å². The molecule has 130 valence electrons. The van der Waals surface area contributed by atoms with E-state index in [9.17, 15) is 0 Å². The van der Waals surface area contributed by atoms with Crippen molar-refractivity contribution in [2.75, 3.05) is 0 Å². The van der Waals surface area contributed by atoms with E-state index in [1.54, 1.807) is 11.8 Å². The Morgan fingerprint density at radius 3 is 2.38 bits per heavy atom. The number of hydrogen-bond donors (Lipinski definition) is 0. The summed E-state index contributed by atoms with van der Waals surface area (Å²) < 4.78 is 7.85. The maximum Gasteiger partial charge on any atom is 0.247 e. The maximum absolute atomic E-state index is 5.76. The Balaban J connectivity index is 1.47. The molecule has 0 amide bonds. The van der Waals surface area contributed by atoms with Crippen LogP contribution in [0.5, 0.6) is 0 Å². The Morgan fingerprint density at radius 1 is 0.885 bits per heavy atom. The lowest BCUT2D eigenvalue weighted by Crippen LogP contribution is -2.03. The van der Waals surface area contributed by atoms with Gasteiger partial charge in [0.25, 0.3) is 0 Å². The summed E-state index contributed by atoms with van der Waals surface area (Å²) in [6.07, 6.45) is 0. The third-order valence-corrected chi connectivity index (χ3v) is 4.85. The molecule has 0 unspecified atom stereocenters. The molecule has 2 aromatic carbocycles. The van der Waals surface area contributed by atoms with E-state index in [0.29, 0.717) is 17.5 Å². The number of nitrogens with zero attached hydrogens (tertiary/aromatic N) is 5. The van der Waals surface area contributed by atoms with Crippen LogP contribution in [0.3, 0.4) is 0 Å². The fourth-order valence-corrected chi connectivity index (χ4v) is 3.37. The normalized spacial score (nSPS) is 11.0. The summed E-state index contributed by atoms with van der Waals surface area (Å²) in [5.74, 6) is 2.53. The molecule has 7 heteroatoms. The molecule has 0 saturated heterocycles. The Labute approximate surface area is 155 Å². The van der Waals surface area contributed by atoms with Gasteiger partial charge in [0.15, 0.2) is 5.16 Å². The van der Waals surface area contributed by atoms with Crippen molar-refractivity contribution < 1.29 is 4.42 Å². The molecule has 0 aliphatic heterocycles. The molecule has 0 atom stereocenters. The van der Waals surface area contributed by atoms with Gasteiger partial charge in [0, 0.05) is 5.56 Å². The van der Waals surface area contributed by atoms with Crippen molar-refractivity contribution in [3.63, 3.8) is 0 Å². The van der Waals surface area contributed by atoms with Gasteiger partial charge in [-0.2, -0.15) is 0 Å². The third kappa shape index (κ3) is 3.67. The molecule has 0 spiro atoms. The summed E-state index contributed by atoms with van der Waals surface area (Å²) >= 11 is 1.54. The molecule has 26 heavy (non-hydrogen) atoms. The zero-order valence-electron chi connectivity index (χ0n) is 14.2. The minimum Gasteiger partial charge on any atom is -0.420 e. The van der Waals surface area contributed by atoms with Gasteiger partial charge in [-0.15, -0.1) is 20.4 Å². The minimum atomic E-state index is 0.531. The average molecular weight is 363 g/mol. The van der Waals surface area contributed by atoms with Crippen LogP contribution in [-0.2, 0) is 12.3 Å². The standard InChI is InChI=1S/C19H17N5OS/c1-14-20-23-19(24(14)12-15-8-4-2-5-9-15)26-13-17-21-22-18(25-17)16-10-6-3-7-11-16/h2-11H,12-13H2,1H3. The molecule has 2 heterocycles. The first-order valence-corrected chi connectivity index (χ1v) is 9.22. The zero-order chi connectivity index (χ0) is 17.8. The van der Waals surface area contributed by atoms with Crippen LogP contribution in [0.4, 0.5) is 0 Å². The van der Waals surface area contributed by atoms with Crippen molar-refractivity contribution in [1.82, 2.24) is 25.0 Å². The molecule has 6 nitrogen and oxygen atoms in total. The van der Waals surface area contributed by atoms with Gasteiger partial charge in [-0.05, 0) is 24.6 Å². The summed E-state index contributed by atoms with van der Waals surface area (Å²) in [6, 6.07) is 20.0. The molecule has 4 aromatic rings. The summed E-state index contributed by atoms with van der Waals surface area (Å²) in [4.78, 5) is 0. The first-order chi connectivity index (χ1) is 12.8. The number of benzene rings is 2. The second kappa shape index (κ2) is 7.53. The van der Waals surface area contributed by atoms with E-state index in [2.05, 4.69) is 37.1 Å². The van der Waals surface area contributed by atoms with E-state index in [-0.39, 0.29) is 0 Å². The topological polar surface area (TPSA) is 69.6 Å². The fraction of sp³-hybridized carbons (Fsp3) is 0.158. The van der Waals surface area contributed by atoms with Crippen molar-refractivity contribution in [2.45, 2.75) is 24.4 Å². The molecular weight excluding hydrogens is 346 g/mol. The molecule has 4 rings (SSSR count).